The lowest BCUT2D eigenvalue weighted by atomic mass is 10.2. The topological polar surface area (TPSA) is 110 Å². The molecule has 6 rings (SSSR count). The molecule has 190 valence electrons. The van der Waals surface area contributed by atoms with E-state index < -0.39 is 24.9 Å². The summed E-state index contributed by atoms with van der Waals surface area (Å²) in [7, 11) is 1.66. The molecule has 0 aromatic carbocycles. The summed E-state index contributed by atoms with van der Waals surface area (Å²) >= 11 is 0. The second kappa shape index (κ2) is 8.51. The van der Waals surface area contributed by atoms with Crippen LogP contribution in [0.25, 0.3) is 27.9 Å². The van der Waals surface area contributed by atoms with Crippen molar-refractivity contribution >= 4 is 28.4 Å². The van der Waals surface area contributed by atoms with Crippen LogP contribution < -0.4 is 10.6 Å². The minimum Gasteiger partial charge on any atom is -0.378 e. The van der Waals surface area contributed by atoms with Gasteiger partial charge in [0.25, 0.3) is 12.3 Å². The lowest BCUT2D eigenvalue weighted by molar-refractivity contribution is -0.0711. The SMILES string of the molecule is CNc1nc(N[C@@H]2CN(C3COC3)CC2(F)F)nn2ccc(-c3ccc4nnn(CC(F)F)c4n3)c12. The molecule has 0 saturated carbocycles. The van der Waals surface area contributed by atoms with Crippen LogP contribution in [0.3, 0.4) is 0 Å². The lowest BCUT2D eigenvalue weighted by Gasteiger charge is -2.34. The normalized spacial score (nSPS) is 20.4. The molecule has 0 bridgehead atoms. The van der Waals surface area contributed by atoms with Crippen LogP contribution in [0.1, 0.15) is 0 Å². The van der Waals surface area contributed by atoms with E-state index in [-0.39, 0.29) is 30.7 Å². The first-order chi connectivity index (χ1) is 17.3. The van der Waals surface area contributed by atoms with E-state index in [1.165, 1.54) is 4.52 Å². The number of hydrogen-bond acceptors (Lipinski definition) is 9. The second-order valence-corrected chi connectivity index (χ2v) is 8.84. The average molecular weight is 506 g/mol. The Bertz CT molecular complexity index is 1420. The molecule has 0 amide bonds. The van der Waals surface area contributed by atoms with E-state index in [2.05, 4.69) is 36.0 Å². The Labute approximate surface area is 201 Å². The summed E-state index contributed by atoms with van der Waals surface area (Å²) in [6.07, 6.45) is -0.948. The highest BCUT2D eigenvalue weighted by atomic mass is 19.3. The molecule has 0 spiro atoms. The summed E-state index contributed by atoms with van der Waals surface area (Å²) in [5.74, 6) is -2.52. The van der Waals surface area contributed by atoms with Crippen molar-refractivity contribution in [1.29, 1.82) is 0 Å². The number of ether oxygens (including phenoxy) is 1. The summed E-state index contributed by atoms with van der Waals surface area (Å²) in [5, 5.41) is 17.8. The minimum atomic E-state index is -2.95. The molecular weight excluding hydrogens is 484 g/mol. The van der Waals surface area contributed by atoms with E-state index in [4.69, 9.17) is 4.74 Å². The first-order valence-electron chi connectivity index (χ1n) is 11.3. The van der Waals surface area contributed by atoms with Gasteiger partial charge in [0.05, 0.1) is 31.5 Å². The van der Waals surface area contributed by atoms with E-state index in [0.717, 1.165) is 4.68 Å². The predicted octanol–water partition coefficient (Wildman–Crippen LogP) is 1.97. The molecule has 6 heterocycles. The second-order valence-electron chi connectivity index (χ2n) is 8.84. The van der Waals surface area contributed by atoms with Gasteiger partial charge in [-0.05, 0) is 18.2 Å². The van der Waals surface area contributed by atoms with Crippen molar-refractivity contribution in [2.75, 3.05) is 44.0 Å². The highest BCUT2D eigenvalue weighted by molar-refractivity contribution is 5.89. The zero-order valence-electron chi connectivity index (χ0n) is 19.1. The van der Waals surface area contributed by atoms with Crippen LogP contribution in [-0.2, 0) is 11.3 Å². The molecule has 11 nitrogen and oxygen atoms in total. The van der Waals surface area contributed by atoms with Crippen LogP contribution >= 0.6 is 0 Å². The molecule has 0 aliphatic carbocycles. The Balaban J connectivity index is 1.33. The van der Waals surface area contributed by atoms with Crippen molar-refractivity contribution in [3.63, 3.8) is 0 Å². The van der Waals surface area contributed by atoms with Crippen LogP contribution in [0.4, 0.5) is 29.3 Å². The van der Waals surface area contributed by atoms with Crippen molar-refractivity contribution in [3.8, 4) is 11.3 Å². The van der Waals surface area contributed by atoms with Gasteiger partial charge in [0.1, 0.15) is 23.6 Å². The third-order valence-corrected chi connectivity index (χ3v) is 6.48. The number of nitrogens with zero attached hydrogens (tertiary/aromatic N) is 8. The van der Waals surface area contributed by atoms with E-state index in [9.17, 15) is 17.6 Å². The Kier molecular flexibility index (Phi) is 5.40. The third-order valence-electron chi connectivity index (χ3n) is 6.48. The maximum atomic E-state index is 14.7. The molecule has 15 heteroatoms. The summed E-state index contributed by atoms with van der Waals surface area (Å²) in [5.41, 5.74) is 2.26. The number of pyridine rings is 1. The van der Waals surface area contributed by atoms with Crippen molar-refractivity contribution in [1.82, 2.24) is 39.5 Å². The van der Waals surface area contributed by atoms with E-state index in [1.807, 2.05) is 0 Å². The Hall–Kier alpha value is -3.59. The molecular formula is C21H22F4N10O. The minimum absolute atomic E-state index is 0.00277. The third kappa shape index (κ3) is 3.87. The van der Waals surface area contributed by atoms with Gasteiger partial charge in [-0.2, -0.15) is 4.98 Å². The summed E-state index contributed by atoms with van der Waals surface area (Å²) < 4.78 is 63.0. The fourth-order valence-corrected chi connectivity index (χ4v) is 4.56. The smallest absolute Gasteiger partial charge is 0.281 e. The molecule has 0 unspecified atom stereocenters. The van der Waals surface area contributed by atoms with Crippen molar-refractivity contribution in [2.24, 2.45) is 0 Å². The van der Waals surface area contributed by atoms with Gasteiger partial charge in [-0.25, -0.2) is 31.7 Å². The monoisotopic (exact) mass is 506 g/mol. The van der Waals surface area contributed by atoms with E-state index in [0.29, 0.717) is 41.3 Å². The fourth-order valence-electron chi connectivity index (χ4n) is 4.56. The summed E-state index contributed by atoms with van der Waals surface area (Å²) in [4.78, 5) is 10.7. The zero-order valence-corrected chi connectivity index (χ0v) is 19.1. The fraction of sp³-hybridized carbons (Fsp3) is 0.476. The highest BCUT2D eigenvalue weighted by Gasteiger charge is 2.51. The Morgan fingerprint density at radius 1 is 1.19 bits per heavy atom. The number of aromatic nitrogens is 7. The van der Waals surface area contributed by atoms with Gasteiger partial charge in [-0.3, -0.25) is 4.90 Å². The molecule has 36 heavy (non-hydrogen) atoms. The molecule has 2 N–H and O–H groups in total. The first-order valence-corrected chi connectivity index (χ1v) is 11.3. The van der Waals surface area contributed by atoms with Crippen LogP contribution in [0.2, 0.25) is 0 Å². The number of rotatable bonds is 7. The maximum absolute atomic E-state index is 14.7. The highest BCUT2D eigenvalue weighted by Crippen LogP contribution is 2.34. The summed E-state index contributed by atoms with van der Waals surface area (Å²) in [6.45, 7) is 0.0950. The number of likely N-dealkylation sites (tertiary alicyclic amines) is 1. The van der Waals surface area contributed by atoms with E-state index in [1.54, 1.807) is 36.3 Å². The van der Waals surface area contributed by atoms with Crippen molar-refractivity contribution in [3.05, 3.63) is 24.4 Å². The van der Waals surface area contributed by atoms with Gasteiger partial charge in [0.2, 0.25) is 5.95 Å². The molecule has 2 fully saturated rings. The standard InChI is InChI=1S/C21H22F4N10O/c1-26-18-17-12(13-2-3-14-19(27-13)35(32-30-14)7-16(22)23)4-5-34(17)31-20(29-18)28-15-6-33(10-21(15,24)25)11-8-36-9-11/h2-5,11,15-16H,6-10H2,1H3,(H2,26,28,29,31)/t15-/m1/s1. The maximum Gasteiger partial charge on any atom is 0.281 e. The molecule has 2 aliphatic heterocycles. The van der Waals surface area contributed by atoms with Crippen molar-refractivity contribution in [2.45, 2.75) is 31.0 Å². The predicted molar refractivity (Wildman–Crippen MR) is 121 cm³/mol. The molecule has 1 atom stereocenters. The molecule has 4 aromatic heterocycles. The quantitative estimate of drug-likeness (QED) is 0.364. The van der Waals surface area contributed by atoms with Gasteiger partial charge in [0, 0.05) is 25.4 Å². The Morgan fingerprint density at radius 2 is 2.03 bits per heavy atom. The van der Waals surface area contributed by atoms with Gasteiger partial charge >= 0.3 is 0 Å². The van der Waals surface area contributed by atoms with Crippen LogP contribution in [0.15, 0.2) is 24.4 Å². The van der Waals surface area contributed by atoms with E-state index >= 15 is 0 Å². The largest absolute Gasteiger partial charge is 0.378 e. The van der Waals surface area contributed by atoms with Gasteiger partial charge in [0.15, 0.2) is 11.5 Å². The number of fused-ring (bicyclic) bond motifs is 2. The molecule has 2 saturated heterocycles. The number of anilines is 2. The number of alkyl halides is 4. The lowest BCUT2D eigenvalue weighted by Crippen LogP contribution is -2.48. The first kappa shape index (κ1) is 22.8. The number of hydrogen-bond donors (Lipinski definition) is 2. The van der Waals surface area contributed by atoms with Crippen molar-refractivity contribution < 1.29 is 22.3 Å². The van der Waals surface area contributed by atoms with Gasteiger partial charge < -0.3 is 15.4 Å². The summed E-state index contributed by atoms with van der Waals surface area (Å²) in [6, 6.07) is 3.94. The van der Waals surface area contributed by atoms with Crippen LogP contribution in [0, 0.1) is 0 Å². The van der Waals surface area contributed by atoms with Crippen LogP contribution in [0.5, 0.6) is 0 Å². The number of nitrogens with one attached hydrogen (secondary N) is 2. The van der Waals surface area contributed by atoms with Gasteiger partial charge in [-0.1, -0.05) is 5.21 Å². The average Bonchev–Trinajstić information content (AvgIpc) is 3.47. The zero-order chi connectivity index (χ0) is 25.0. The number of halogens is 4. The molecule has 0 radical (unpaired) electrons. The molecule has 2 aliphatic rings. The molecule has 4 aromatic rings. The Morgan fingerprint density at radius 3 is 2.75 bits per heavy atom. The van der Waals surface area contributed by atoms with Crippen LogP contribution in [-0.4, -0.2) is 97.3 Å². The van der Waals surface area contributed by atoms with Gasteiger partial charge in [-0.15, -0.1) is 10.2 Å².